The molecule has 1 aliphatic heterocycles. The maximum Gasteiger partial charge on any atom is 0.208 e. The second kappa shape index (κ2) is 3.97. The van der Waals surface area contributed by atoms with E-state index in [0.29, 0.717) is 5.92 Å². The van der Waals surface area contributed by atoms with Gasteiger partial charge in [0.1, 0.15) is 5.75 Å². The van der Waals surface area contributed by atoms with E-state index >= 15 is 0 Å². The average molecular weight is 254 g/mol. The summed E-state index contributed by atoms with van der Waals surface area (Å²) in [5.74, 6) is 0.387. The summed E-state index contributed by atoms with van der Waals surface area (Å²) in [5, 5.41) is 13.1. The first kappa shape index (κ1) is 11.3. The minimum atomic E-state index is -0.934. The van der Waals surface area contributed by atoms with E-state index in [-0.39, 0.29) is 0 Å². The molecule has 2 aliphatic rings. The van der Waals surface area contributed by atoms with E-state index < -0.39 is 5.79 Å². The van der Waals surface area contributed by atoms with Gasteiger partial charge in [0.15, 0.2) is 0 Å². The fraction of sp³-hybridized carbons (Fsp3) is 0.412. The third-order valence-corrected chi connectivity index (χ3v) is 4.57. The predicted octanol–water partition coefficient (Wildman–Crippen LogP) is 3.97. The van der Waals surface area contributed by atoms with E-state index in [9.17, 15) is 5.11 Å². The lowest BCUT2D eigenvalue weighted by molar-refractivity contribution is -0.156. The van der Waals surface area contributed by atoms with Crippen LogP contribution in [0.15, 0.2) is 36.4 Å². The molecule has 0 spiro atoms. The number of aliphatic hydroxyl groups is 1. The van der Waals surface area contributed by atoms with Gasteiger partial charge in [-0.25, -0.2) is 0 Å². The van der Waals surface area contributed by atoms with E-state index in [2.05, 4.69) is 30.3 Å². The Bertz CT molecular complexity index is 634. The summed E-state index contributed by atoms with van der Waals surface area (Å²) in [6.45, 7) is 0. The molecule has 1 saturated carbocycles. The SMILES string of the molecule is O[C@@]12CCCC[C@@H](C1)c1c(ccc3ccccc13)O2. The van der Waals surface area contributed by atoms with Crippen LogP contribution in [0.1, 0.15) is 43.6 Å². The summed E-state index contributed by atoms with van der Waals surface area (Å²) in [6.07, 6.45) is 4.90. The molecule has 2 bridgehead atoms. The average Bonchev–Trinajstić information content (AvgIpc) is 2.57. The van der Waals surface area contributed by atoms with Crippen LogP contribution in [0.4, 0.5) is 0 Å². The molecule has 19 heavy (non-hydrogen) atoms. The monoisotopic (exact) mass is 254 g/mol. The highest BCUT2D eigenvalue weighted by atomic mass is 16.6. The van der Waals surface area contributed by atoms with Crippen LogP contribution < -0.4 is 4.74 Å². The molecule has 0 unspecified atom stereocenters. The smallest absolute Gasteiger partial charge is 0.208 e. The van der Waals surface area contributed by atoms with Gasteiger partial charge in [0, 0.05) is 18.4 Å². The molecule has 2 nitrogen and oxygen atoms in total. The Labute approximate surface area is 113 Å². The van der Waals surface area contributed by atoms with Crippen LogP contribution in [-0.2, 0) is 0 Å². The Morgan fingerprint density at radius 2 is 2.00 bits per heavy atom. The van der Waals surface area contributed by atoms with Crippen molar-refractivity contribution in [2.24, 2.45) is 0 Å². The zero-order chi connectivity index (χ0) is 12.9. The molecule has 2 aromatic carbocycles. The van der Waals surface area contributed by atoms with Gasteiger partial charge < -0.3 is 9.84 Å². The summed E-state index contributed by atoms with van der Waals surface area (Å²) in [4.78, 5) is 0. The largest absolute Gasteiger partial charge is 0.462 e. The molecule has 0 radical (unpaired) electrons. The number of rotatable bonds is 0. The highest BCUT2D eigenvalue weighted by molar-refractivity contribution is 5.88. The fourth-order valence-electron chi connectivity index (χ4n) is 3.71. The standard InChI is InChI=1S/C17H18O2/c18-17-10-4-3-6-13(11-17)16-14-7-2-1-5-12(14)8-9-15(16)19-17/h1-2,5,7-9,13,18H,3-4,6,10-11H2/t13-,17+/m0/s1. The van der Waals surface area contributed by atoms with Gasteiger partial charge in [-0.1, -0.05) is 36.8 Å². The lowest BCUT2D eigenvalue weighted by atomic mass is 9.84. The summed E-state index contributed by atoms with van der Waals surface area (Å²) >= 11 is 0. The lowest BCUT2D eigenvalue weighted by Gasteiger charge is -2.37. The number of fused-ring (bicyclic) bond motifs is 6. The third kappa shape index (κ3) is 1.74. The molecular formula is C17H18O2. The second-order valence-electron chi connectivity index (χ2n) is 5.89. The fourth-order valence-corrected chi connectivity index (χ4v) is 3.71. The Balaban J connectivity index is 1.96. The first-order chi connectivity index (χ1) is 9.25. The van der Waals surface area contributed by atoms with E-state index in [1.165, 1.54) is 22.8 Å². The zero-order valence-electron chi connectivity index (χ0n) is 10.9. The van der Waals surface area contributed by atoms with Crippen molar-refractivity contribution in [1.29, 1.82) is 0 Å². The highest BCUT2D eigenvalue weighted by Gasteiger charge is 2.41. The number of hydrogen-bond donors (Lipinski definition) is 1. The molecule has 0 amide bonds. The first-order valence-corrected chi connectivity index (χ1v) is 7.18. The van der Waals surface area contributed by atoms with Gasteiger partial charge in [-0.15, -0.1) is 0 Å². The molecule has 0 saturated heterocycles. The van der Waals surface area contributed by atoms with Crippen LogP contribution >= 0.6 is 0 Å². The number of ether oxygens (including phenoxy) is 1. The van der Waals surface area contributed by atoms with Crippen LogP contribution in [-0.4, -0.2) is 10.9 Å². The molecule has 2 atom stereocenters. The maximum atomic E-state index is 10.6. The van der Waals surface area contributed by atoms with Crippen molar-refractivity contribution in [3.05, 3.63) is 42.0 Å². The summed E-state index contributed by atoms with van der Waals surface area (Å²) in [6, 6.07) is 12.6. The molecule has 4 rings (SSSR count). The Morgan fingerprint density at radius 3 is 2.95 bits per heavy atom. The molecule has 1 N–H and O–H groups in total. The van der Waals surface area contributed by atoms with Crippen molar-refractivity contribution in [3.63, 3.8) is 0 Å². The molecule has 1 fully saturated rings. The Morgan fingerprint density at radius 1 is 1.11 bits per heavy atom. The van der Waals surface area contributed by atoms with Crippen LogP contribution in [0.5, 0.6) is 5.75 Å². The van der Waals surface area contributed by atoms with Crippen molar-refractivity contribution in [1.82, 2.24) is 0 Å². The molecule has 2 heteroatoms. The topological polar surface area (TPSA) is 29.5 Å². The minimum absolute atomic E-state index is 0.433. The first-order valence-electron chi connectivity index (χ1n) is 7.18. The normalized spacial score (nSPS) is 29.4. The van der Waals surface area contributed by atoms with E-state index in [4.69, 9.17) is 4.74 Å². The number of hydrogen-bond acceptors (Lipinski definition) is 2. The van der Waals surface area contributed by atoms with E-state index in [1.807, 2.05) is 6.07 Å². The van der Waals surface area contributed by atoms with Gasteiger partial charge >= 0.3 is 0 Å². The minimum Gasteiger partial charge on any atom is -0.462 e. The predicted molar refractivity (Wildman–Crippen MR) is 75.4 cm³/mol. The van der Waals surface area contributed by atoms with Crippen molar-refractivity contribution >= 4 is 10.8 Å². The highest BCUT2D eigenvalue weighted by Crippen LogP contribution is 2.48. The quantitative estimate of drug-likeness (QED) is 0.771. The van der Waals surface area contributed by atoms with Gasteiger partial charge in [-0.2, -0.15) is 0 Å². The summed E-state index contributed by atoms with van der Waals surface area (Å²) < 4.78 is 5.93. The van der Waals surface area contributed by atoms with Crippen molar-refractivity contribution in [2.45, 2.75) is 43.8 Å². The van der Waals surface area contributed by atoms with Crippen LogP contribution in [0.3, 0.4) is 0 Å². The van der Waals surface area contributed by atoms with Gasteiger partial charge in [0.2, 0.25) is 5.79 Å². The van der Waals surface area contributed by atoms with Crippen LogP contribution in [0, 0.1) is 0 Å². The lowest BCUT2D eigenvalue weighted by Crippen LogP contribution is -2.39. The zero-order valence-corrected chi connectivity index (χ0v) is 10.9. The molecule has 98 valence electrons. The summed E-state index contributed by atoms with van der Waals surface area (Å²) in [7, 11) is 0. The third-order valence-electron chi connectivity index (χ3n) is 4.57. The van der Waals surface area contributed by atoms with Crippen molar-refractivity contribution in [2.75, 3.05) is 0 Å². The van der Waals surface area contributed by atoms with Crippen molar-refractivity contribution in [3.8, 4) is 5.75 Å². The maximum absolute atomic E-state index is 10.6. The van der Waals surface area contributed by atoms with Gasteiger partial charge in [0.05, 0.1) is 0 Å². The molecular weight excluding hydrogens is 236 g/mol. The van der Waals surface area contributed by atoms with Gasteiger partial charge in [0.25, 0.3) is 0 Å². The van der Waals surface area contributed by atoms with Crippen LogP contribution in [0.2, 0.25) is 0 Å². The van der Waals surface area contributed by atoms with Crippen molar-refractivity contribution < 1.29 is 9.84 Å². The molecule has 2 aromatic rings. The van der Waals surface area contributed by atoms with Crippen LogP contribution in [0.25, 0.3) is 10.8 Å². The van der Waals surface area contributed by atoms with Gasteiger partial charge in [-0.3, -0.25) is 0 Å². The number of benzene rings is 2. The van der Waals surface area contributed by atoms with Gasteiger partial charge in [-0.05, 0) is 35.6 Å². The molecule has 1 aliphatic carbocycles. The van der Waals surface area contributed by atoms with E-state index in [0.717, 1.165) is 31.4 Å². The summed E-state index contributed by atoms with van der Waals surface area (Å²) in [5.41, 5.74) is 1.31. The Kier molecular flexibility index (Phi) is 2.36. The second-order valence-corrected chi connectivity index (χ2v) is 5.89. The molecule has 1 heterocycles. The Hall–Kier alpha value is -1.54. The molecule has 0 aromatic heterocycles. The van der Waals surface area contributed by atoms with E-state index in [1.54, 1.807) is 0 Å².